The number of nitrogens with zero attached hydrogens (tertiary/aromatic N) is 4. The van der Waals surface area contributed by atoms with E-state index in [9.17, 15) is 0 Å². The molecule has 0 aromatic carbocycles. The Balaban J connectivity index is 2.45. The van der Waals surface area contributed by atoms with Crippen LogP contribution >= 0.6 is 15.9 Å². The number of halogens is 1. The summed E-state index contributed by atoms with van der Waals surface area (Å²) >= 11 is 3.48. The molecule has 0 aliphatic heterocycles. The first-order valence-electron chi connectivity index (χ1n) is 4.99. The minimum Gasteiger partial charge on any atom is -0.369 e. The molecule has 2 rings (SSSR count). The van der Waals surface area contributed by atoms with Gasteiger partial charge in [-0.05, 0) is 35.8 Å². The predicted molar refractivity (Wildman–Crippen MR) is 65.8 cm³/mol. The Bertz CT molecular complexity index is 494. The minimum atomic E-state index is 0.735. The van der Waals surface area contributed by atoms with Crippen LogP contribution in [0.25, 0.3) is 5.82 Å². The molecule has 0 saturated heterocycles. The molecule has 0 radical (unpaired) electrons. The maximum absolute atomic E-state index is 4.31. The second-order valence-corrected chi connectivity index (χ2v) is 4.08. The first-order chi connectivity index (χ1) is 7.72. The molecule has 1 N–H and O–H groups in total. The van der Waals surface area contributed by atoms with E-state index in [4.69, 9.17) is 0 Å². The first kappa shape index (κ1) is 11.1. The van der Waals surface area contributed by atoms with Gasteiger partial charge in [-0.2, -0.15) is 5.10 Å². The van der Waals surface area contributed by atoms with Gasteiger partial charge in [0.1, 0.15) is 16.6 Å². The van der Waals surface area contributed by atoms with Gasteiger partial charge in [-0.1, -0.05) is 0 Å². The van der Waals surface area contributed by atoms with Gasteiger partial charge in [-0.25, -0.2) is 14.6 Å². The van der Waals surface area contributed by atoms with Crippen molar-refractivity contribution in [3.63, 3.8) is 0 Å². The van der Waals surface area contributed by atoms with Crippen LogP contribution in [0.3, 0.4) is 0 Å². The highest BCUT2D eigenvalue weighted by Gasteiger charge is 2.10. The Morgan fingerprint density at radius 3 is 2.88 bits per heavy atom. The van der Waals surface area contributed by atoms with Gasteiger partial charge in [0.05, 0.1) is 5.69 Å². The monoisotopic (exact) mass is 281 g/mol. The Morgan fingerprint density at radius 2 is 2.25 bits per heavy atom. The zero-order chi connectivity index (χ0) is 11.5. The number of rotatable bonds is 3. The van der Waals surface area contributed by atoms with Crippen LogP contribution in [0.2, 0.25) is 0 Å². The van der Waals surface area contributed by atoms with Crippen molar-refractivity contribution in [3.8, 4) is 5.82 Å². The molecule has 0 amide bonds. The smallest absolute Gasteiger partial charge is 0.173 e. The van der Waals surface area contributed by atoms with Gasteiger partial charge in [0.2, 0.25) is 0 Å². The lowest BCUT2D eigenvalue weighted by atomic mass is 10.5. The molecule has 84 valence electrons. The van der Waals surface area contributed by atoms with E-state index >= 15 is 0 Å². The van der Waals surface area contributed by atoms with E-state index in [2.05, 4.69) is 36.3 Å². The Morgan fingerprint density at radius 1 is 1.44 bits per heavy atom. The topological polar surface area (TPSA) is 55.6 Å². The first-order valence-corrected chi connectivity index (χ1v) is 5.78. The molecule has 6 heteroatoms. The molecule has 0 aliphatic carbocycles. The van der Waals surface area contributed by atoms with E-state index in [1.165, 1.54) is 6.33 Å². The average Bonchev–Trinajstić information content (AvgIpc) is 2.68. The van der Waals surface area contributed by atoms with E-state index in [1.807, 2.05) is 26.1 Å². The molecule has 2 aromatic rings. The molecule has 0 fully saturated rings. The van der Waals surface area contributed by atoms with E-state index in [1.54, 1.807) is 4.68 Å². The number of nitrogens with one attached hydrogen (secondary N) is 1. The molecule has 0 atom stereocenters. The van der Waals surface area contributed by atoms with E-state index in [0.717, 1.165) is 28.3 Å². The third-order valence-corrected chi connectivity index (χ3v) is 2.78. The fraction of sp³-hybridized carbons (Fsp3) is 0.300. The van der Waals surface area contributed by atoms with Crippen LogP contribution in [0.1, 0.15) is 12.6 Å². The summed E-state index contributed by atoms with van der Waals surface area (Å²) in [5.74, 6) is 1.51. The summed E-state index contributed by atoms with van der Waals surface area (Å²) in [6.45, 7) is 4.77. The largest absolute Gasteiger partial charge is 0.369 e. The maximum atomic E-state index is 4.31. The SMILES string of the molecule is CCNc1ncnc(-n2ccc(C)n2)c1Br. The summed E-state index contributed by atoms with van der Waals surface area (Å²) in [5.41, 5.74) is 0.954. The third-order valence-electron chi connectivity index (χ3n) is 2.05. The van der Waals surface area contributed by atoms with Gasteiger partial charge in [-0.15, -0.1) is 0 Å². The van der Waals surface area contributed by atoms with Gasteiger partial charge >= 0.3 is 0 Å². The van der Waals surface area contributed by atoms with Crippen LogP contribution < -0.4 is 5.32 Å². The lowest BCUT2D eigenvalue weighted by molar-refractivity contribution is 0.820. The van der Waals surface area contributed by atoms with Gasteiger partial charge in [0, 0.05) is 12.7 Å². The summed E-state index contributed by atoms with van der Waals surface area (Å²) in [4.78, 5) is 8.36. The number of hydrogen-bond donors (Lipinski definition) is 1. The van der Waals surface area contributed by atoms with Crippen molar-refractivity contribution in [2.75, 3.05) is 11.9 Å². The third kappa shape index (κ3) is 2.06. The number of aryl methyl sites for hydroxylation is 1. The lowest BCUT2D eigenvalue weighted by Crippen LogP contribution is -2.06. The zero-order valence-corrected chi connectivity index (χ0v) is 10.7. The highest BCUT2D eigenvalue weighted by Crippen LogP contribution is 2.24. The fourth-order valence-electron chi connectivity index (χ4n) is 1.34. The molecule has 2 aromatic heterocycles. The van der Waals surface area contributed by atoms with E-state index < -0.39 is 0 Å². The molecule has 5 nitrogen and oxygen atoms in total. The summed E-state index contributed by atoms with van der Waals surface area (Å²) < 4.78 is 2.54. The van der Waals surface area contributed by atoms with Crippen molar-refractivity contribution in [2.24, 2.45) is 0 Å². The van der Waals surface area contributed by atoms with Crippen LogP contribution in [0.5, 0.6) is 0 Å². The predicted octanol–water partition coefficient (Wildman–Crippen LogP) is 2.17. The van der Waals surface area contributed by atoms with E-state index in [-0.39, 0.29) is 0 Å². The van der Waals surface area contributed by atoms with Crippen LogP contribution in [0.15, 0.2) is 23.1 Å². The molecule has 0 spiro atoms. The number of aromatic nitrogens is 4. The normalized spacial score (nSPS) is 10.4. The molecule has 0 saturated carbocycles. The van der Waals surface area contributed by atoms with Crippen molar-refractivity contribution >= 4 is 21.7 Å². The number of anilines is 1. The van der Waals surface area contributed by atoms with Crippen LogP contribution in [-0.2, 0) is 0 Å². The van der Waals surface area contributed by atoms with Gasteiger partial charge < -0.3 is 5.32 Å². The second-order valence-electron chi connectivity index (χ2n) is 3.29. The summed E-state index contributed by atoms with van der Waals surface area (Å²) in [5, 5.41) is 7.47. The zero-order valence-electron chi connectivity index (χ0n) is 9.11. The molecule has 2 heterocycles. The Kier molecular flexibility index (Phi) is 3.19. The van der Waals surface area contributed by atoms with Crippen LogP contribution in [-0.4, -0.2) is 26.3 Å². The highest BCUT2D eigenvalue weighted by molar-refractivity contribution is 9.10. The maximum Gasteiger partial charge on any atom is 0.173 e. The van der Waals surface area contributed by atoms with Gasteiger partial charge in [-0.3, -0.25) is 0 Å². The van der Waals surface area contributed by atoms with Crippen molar-refractivity contribution < 1.29 is 0 Å². The molecule has 0 bridgehead atoms. The van der Waals surface area contributed by atoms with Crippen LogP contribution in [0.4, 0.5) is 5.82 Å². The lowest BCUT2D eigenvalue weighted by Gasteiger charge is -2.08. The van der Waals surface area contributed by atoms with Crippen molar-refractivity contribution in [1.29, 1.82) is 0 Å². The van der Waals surface area contributed by atoms with Crippen molar-refractivity contribution in [3.05, 3.63) is 28.8 Å². The average molecular weight is 282 g/mol. The molecular formula is C10H12BrN5. The Hall–Kier alpha value is -1.43. The second kappa shape index (κ2) is 4.61. The number of hydrogen-bond acceptors (Lipinski definition) is 4. The Labute approximate surface area is 102 Å². The standard InChI is InChI=1S/C10H12BrN5/c1-3-12-9-8(11)10(14-6-13-9)16-5-4-7(2)15-16/h4-6H,3H2,1-2H3,(H,12,13,14). The molecular weight excluding hydrogens is 270 g/mol. The quantitative estimate of drug-likeness (QED) is 0.937. The molecule has 16 heavy (non-hydrogen) atoms. The van der Waals surface area contributed by atoms with E-state index in [0.29, 0.717) is 0 Å². The van der Waals surface area contributed by atoms with Crippen molar-refractivity contribution in [2.45, 2.75) is 13.8 Å². The summed E-state index contributed by atoms with van der Waals surface area (Å²) in [6.07, 6.45) is 3.40. The molecule has 0 aliphatic rings. The fourth-order valence-corrected chi connectivity index (χ4v) is 1.87. The summed E-state index contributed by atoms with van der Waals surface area (Å²) in [7, 11) is 0. The van der Waals surface area contributed by atoms with Crippen molar-refractivity contribution in [1.82, 2.24) is 19.7 Å². The minimum absolute atomic E-state index is 0.735. The molecule has 0 unspecified atom stereocenters. The van der Waals surface area contributed by atoms with Gasteiger partial charge in [0.25, 0.3) is 0 Å². The summed E-state index contributed by atoms with van der Waals surface area (Å²) in [6, 6.07) is 1.93. The van der Waals surface area contributed by atoms with Gasteiger partial charge in [0.15, 0.2) is 5.82 Å². The van der Waals surface area contributed by atoms with Crippen LogP contribution in [0, 0.1) is 6.92 Å². The highest BCUT2D eigenvalue weighted by atomic mass is 79.9.